The summed E-state index contributed by atoms with van der Waals surface area (Å²) in [6.07, 6.45) is -0.917. The van der Waals surface area contributed by atoms with Gasteiger partial charge >= 0.3 is 11.9 Å². The van der Waals surface area contributed by atoms with E-state index in [0.717, 1.165) is 5.56 Å². The van der Waals surface area contributed by atoms with Gasteiger partial charge in [0.25, 0.3) is 0 Å². The van der Waals surface area contributed by atoms with E-state index in [-0.39, 0.29) is 30.8 Å². The standard InChI is InChI=1S/C28H31FO6/c1-17(2)26(30)33-15-20(16-34-27(31)18(3)4)13-23-8-7-22(14-25(23)29)21-9-11-24(12-10-21)35-28(32)19(5)6/h7-12,14,20,28,32H,1,3,5,13,15-16H2,2,4,6H3. The van der Waals surface area contributed by atoms with Crippen LogP contribution in [0.4, 0.5) is 4.39 Å². The number of halogens is 1. The number of ether oxygens (including phenoxy) is 3. The molecule has 0 aliphatic rings. The number of aliphatic hydroxyl groups excluding tert-OH is 1. The number of esters is 2. The molecule has 0 spiro atoms. The van der Waals surface area contributed by atoms with Crippen LogP contribution in [0.2, 0.25) is 0 Å². The lowest BCUT2D eigenvalue weighted by molar-refractivity contribution is -0.144. The minimum absolute atomic E-state index is 0.0617. The first-order valence-electron chi connectivity index (χ1n) is 11.0. The molecule has 6 nitrogen and oxygen atoms in total. The monoisotopic (exact) mass is 482 g/mol. The molecule has 0 amide bonds. The maximum absolute atomic E-state index is 15.0. The lowest BCUT2D eigenvalue weighted by Crippen LogP contribution is -2.23. The van der Waals surface area contributed by atoms with Gasteiger partial charge in [-0.15, -0.1) is 0 Å². The second kappa shape index (κ2) is 12.7. The van der Waals surface area contributed by atoms with Crippen molar-refractivity contribution in [1.82, 2.24) is 0 Å². The molecule has 0 aliphatic carbocycles. The molecule has 1 unspecified atom stereocenters. The summed E-state index contributed by atoms with van der Waals surface area (Å²) in [5.74, 6) is -1.58. The lowest BCUT2D eigenvalue weighted by Gasteiger charge is -2.18. The van der Waals surface area contributed by atoms with Crippen LogP contribution in [0.3, 0.4) is 0 Å². The fourth-order valence-corrected chi connectivity index (χ4v) is 2.96. The lowest BCUT2D eigenvalue weighted by atomic mass is 9.97. The SMILES string of the molecule is C=C(C)C(=O)OCC(COC(=O)C(=C)C)Cc1ccc(-c2ccc(OC(O)C(=C)C)cc2)cc1F. The number of rotatable bonds is 12. The van der Waals surface area contributed by atoms with E-state index in [4.69, 9.17) is 14.2 Å². The third kappa shape index (κ3) is 8.54. The summed E-state index contributed by atoms with van der Waals surface area (Å²) in [6.45, 7) is 15.3. The number of aliphatic hydroxyl groups is 1. The Morgan fingerprint density at radius 3 is 1.86 bits per heavy atom. The van der Waals surface area contributed by atoms with Crippen LogP contribution in [0.15, 0.2) is 78.9 Å². The second-order valence-electron chi connectivity index (χ2n) is 8.47. The Labute approximate surface area is 205 Å². The maximum atomic E-state index is 15.0. The Morgan fingerprint density at radius 2 is 1.40 bits per heavy atom. The largest absolute Gasteiger partial charge is 0.462 e. The Balaban J connectivity index is 2.14. The molecule has 7 heteroatoms. The van der Waals surface area contributed by atoms with Crippen molar-refractivity contribution in [2.45, 2.75) is 33.5 Å². The van der Waals surface area contributed by atoms with Gasteiger partial charge in [-0.05, 0) is 67.7 Å². The van der Waals surface area contributed by atoms with Crippen molar-refractivity contribution in [2.24, 2.45) is 5.92 Å². The van der Waals surface area contributed by atoms with Crippen LogP contribution in [0.5, 0.6) is 5.75 Å². The molecule has 0 aromatic heterocycles. The Hall–Kier alpha value is -3.71. The van der Waals surface area contributed by atoms with E-state index >= 15 is 0 Å². The predicted octanol–water partition coefficient (Wildman–Crippen LogP) is 5.16. The molecule has 2 rings (SSSR count). The van der Waals surface area contributed by atoms with Gasteiger partial charge in [0, 0.05) is 17.1 Å². The van der Waals surface area contributed by atoms with Gasteiger partial charge in [-0.2, -0.15) is 0 Å². The van der Waals surface area contributed by atoms with Gasteiger partial charge in [0.05, 0.1) is 13.2 Å². The van der Waals surface area contributed by atoms with Gasteiger partial charge in [0.15, 0.2) is 0 Å². The molecule has 0 bridgehead atoms. The van der Waals surface area contributed by atoms with Crippen molar-refractivity contribution in [3.63, 3.8) is 0 Å². The first-order chi connectivity index (χ1) is 16.5. The zero-order valence-corrected chi connectivity index (χ0v) is 20.3. The molecule has 35 heavy (non-hydrogen) atoms. The predicted molar refractivity (Wildman–Crippen MR) is 132 cm³/mol. The van der Waals surface area contributed by atoms with Gasteiger partial charge < -0.3 is 19.3 Å². The summed E-state index contributed by atoms with van der Waals surface area (Å²) in [5, 5.41) is 9.76. The number of hydrogen-bond donors (Lipinski definition) is 1. The average Bonchev–Trinajstić information content (AvgIpc) is 2.81. The molecule has 0 fully saturated rings. The van der Waals surface area contributed by atoms with Crippen LogP contribution >= 0.6 is 0 Å². The summed E-state index contributed by atoms with van der Waals surface area (Å²) in [6, 6.07) is 11.7. The number of carbonyl (C=O) groups is 2. The van der Waals surface area contributed by atoms with Gasteiger partial charge in [-0.3, -0.25) is 0 Å². The fourth-order valence-electron chi connectivity index (χ4n) is 2.96. The molecular weight excluding hydrogens is 451 g/mol. The van der Waals surface area contributed by atoms with E-state index < -0.39 is 30.0 Å². The normalized spacial score (nSPS) is 11.5. The molecule has 0 saturated carbocycles. The number of carbonyl (C=O) groups excluding carboxylic acids is 2. The van der Waals surface area contributed by atoms with Crippen molar-refractivity contribution in [1.29, 1.82) is 0 Å². The van der Waals surface area contributed by atoms with Crippen LogP contribution in [-0.2, 0) is 25.5 Å². The van der Waals surface area contributed by atoms with Crippen molar-refractivity contribution in [3.05, 3.63) is 90.3 Å². The molecule has 2 aromatic carbocycles. The van der Waals surface area contributed by atoms with Gasteiger partial charge in [0.2, 0.25) is 6.29 Å². The minimum Gasteiger partial charge on any atom is -0.462 e. The zero-order valence-electron chi connectivity index (χ0n) is 20.3. The minimum atomic E-state index is -1.10. The topological polar surface area (TPSA) is 82.1 Å². The van der Waals surface area contributed by atoms with Crippen molar-refractivity contribution in [3.8, 4) is 16.9 Å². The molecule has 0 radical (unpaired) electrons. The van der Waals surface area contributed by atoms with Crippen molar-refractivity contribution in [2.75, 3.05) is 13.2 Å². The molecule has 0 aliphatic heterocycles. The van der Waals surface area contributed by atoms with Crippen molar-refractivity contribution >= 4 is 11.9 Å². The Kier molecular flexibility index (Phi) is 9.97. The highest BCUT2D eigenvalue weighted by atomic mass is 19.1. The van der Waals surface area contributed by atoms with Crippen molar-refractivity contribution < 1.29 is 33.3 Å². The van der Waals surface area contributed by atoms with E-state index in [9.17, 15) is 19.1 Å². The van der Waals surface area contributed by atoms with Crippen LogP contribution in [0.25, 0.3) is 11.1 Å². The third-order valence-corrected chi connectivity index (χ3v) is 5.02. The second-order valence-corrected chi connectivity index (χ2v) is 8.47. The summed E-state index contributed by atoms with van der Waals surface area (Å²) < 4.78 is 30.8. The quantitative estimate of drug-likeness (QED) is 0.195. The van der Waals surface area contributed by atoms with Gasteiger partial charge in [-0.1, -0.05) is 44.0 Å². The Morgan fingerprint density at radius 1 is 0.886 bits per heavy atom. The summed E-state index contributed by atoms with van der Waals surface area (Å²) >= 11 is 0. The van der Waals surface area contributed by atoms with Gasteiger partial charge in [-0.25, -0.2) is 14.0 Å². The molecule has 1 N–H and O–H groups in total. The molecular formula is C28H31FO6. The molecule has 0 saturated heterocycles. The number of hydrogen-bond acceptors (Lipinski definition) is 6. The van der Waals surface area contributed by atoms with Gasteiger partial charge in [0.1, 0.15) is 11.6 Å². The van der Waals surface area contributed by atoms with E-state index in [0.29, 0.717) is 22.4 Å². The van der Waals surface area contributed by atoms with E-state index in [1.807, 2.05) is 0 Å². The summed E-state index contributed by atoms with van der Waals surface area (Å²) in [7, 11) is 0. The highest BCUT2D eigenvalue weighted by Crippen LogP contribution is 2.26. The molecule has 2 aromatic rings. The first kappa shape index (κ1) is 27.5. The maximum Gasteiger partial charge on any atom is 0.333 e. The first-order valence-corrected chi connectivity index (χ1v) is 11.0. The Bertz CT molecular complexity index is 1070. The van der Waals surface area contributed by atoms with Crippen LogP contribution in [-0.4, -0.2) is 36.5 Å². The van der Waals surface area contributed by atoms with E-state index in [1.165, 1.54) is 19.9 Å². The van der Waals surface area contributed by atoms with Crippen LogP contribution in [0, 0.1) is 11.7 Å². The fraction of sp³-hybridized carbons (Fsp3) is 0.286. The smallest absolute Gasteiger partial charge is 0.333 e. The van der Waals surface area contributed by atoms with Crippen LogP contribution < -0.4 is 4.74 Å². The average molecular weight is 483 g/mol. The summed E-state index contributed by atoms with van der Waals surface area (Å²) in [4.78, 5) is 23.6. The zero-order chi connectivity index (χ0) is 26.1. The van der Waals surface area contributed by atoms with E-state index in [1.54, 1.807) is 43.3 Å². The third-order valence-electron chi connectivity index (χ3n) is 5.02. The highest BCUT2D eigenvalue weighted by molar-refractivity contribution is 5.87. The summed E-state index contributed by atoms with van der Waals surface area (Å²) in [5.41, 5.74) is 2.76. The highest BCUT2D eigenvalue weighted by Gasteiger charge is 2.19. The van der Waals surface area contributed by atoms with Crippen LogP contribution in [0.1, 0.15) is 26.3 Å². The molecule has 186 valence electrons. The molecule has 0 heterocycles. The number of benzene rings is 2. The van der Waals surface area contributed by atoms with E-state index in [2.05, 4.69) is 19.7 Å². The molecule has 1 atom stereocenters.